The fourth-order valence-electron chi connectivity index (χ4n) is 3.47. The van der Waals surface area contributed by atoms with E-state index in [1.807, 2.05) is 43.3 Å². The minimum Gasteiger partial charge on any atom is -0.497 e. The SMILES string of the molecule is COc1cccc(N2C(=O)CN(Cc3ccc(N(C)C)cc3)CC2C)c1. The first-order chi connectivity index (χ1) is 12.5. The number of anilines is 2. The van der Waals surface area contributed by atoms with E-state index in [0.717, 1.165) is 24.5 Å². The van der Waals surface area contributed by atoms with E-state index in [0.29, 0.717) is 6.54 Å². The maximum atomic E-state index is 12.8. The fraction of sp³-hybridized carbons (Fsp3) is 0.381. The van der Waals surface area contributed by atoms with Crippen LogP contribution in [0.5, 0.6) is 5.75 Å². The molecule has 0 aliphatic carbocycles. The molecule has 0 radical (unpaired) electrons. The van der Waals surface area contributed by atoms with Gasteiger partial charge in [0.2, 0.25) is 5.91 Å². The molecule has 1 aliphatic rings. The molecule has 1 atom stereocenters. The molecule has 2 aromatic rings. The van der Waals surface area contributed by atoms with Crippen molar-refractivity contribution in [3.8, 4) is 5.75 Å². The minimum absolute atomic E-state index is 0.115. The lowest BCUT2D eigenvalue weighted by Crippen LogP contribution is -2.55. The highest BCUT2D eigenvalue weighted by atomic mass is 16.5. The Hall–Kier alpha value is -2.53. The van der Waals surface area contributed by atoms with Crippen LogP contribution in [0.2, 0.25) is 0 Å². The lowest BCUT2D eigenvalue weighted by atomic mass is 10.1. The van der Waals surface area contributed by atoms with Crippen LogP contribution in [0.15, 0.2) is 48.5 Å². The van der Waals surface area contributed by atoms with Crippen molar-refractivity contribution in [3.05, 3.63) is 54.1 Å². The lowest BCUT2D eigenvalue weighted by molar-refractivity contribution is -0.122. The third kappa shape index (κ3) is 3.99. The summed E-state index contributed by atoms with van der Waals surface area (Å²) in [6.45, 7) is 4.16. The van der Waals surface area contributed by atoms with Crippen molar-refractivity contribution in [1.29, 1.82) is 0 Å². The molecule has 138 valence electrons. The van der Waals surface area contributed by atoms with Crippen molar-refractivity contribution >= 4 is 17.3 Å². The smallest absolute Gasteiger partial charge is 0.241 e. The van der Waals surface area contributed by atoms with Gasteiger partial charge >= 0.3 is 0 Å². The summed E-state index contributed by atoms with van der Waals surface area (Å²) in [4.78, 5) is 19.0. The zero-order valence-electron chi connectivity index (χ0n) is 16.0. The molecule has 1 aliphatic heterocycles. The largest absolute Gasteiger partial charge is 0.497 e. The summed E-state index contributed by atoms with van der Waals surface area (Å²) < 4.78 is 5.29. The van der Waals surface area contributed by atoms with Gasteiger partial charge in [-0.05, 0) is 36.8 Å². The number of hydrogen-bond donors (Lipinski definition) is 0. The van der Waals surface area contributed by atoms with E-state index in [1.165, 1.54) is 11.3 Å². The van der Waals surface area contributed by atoms with Crippen LogP contribution in [0.4, 0.5) is 11.4 Å². The van der Waals surface area contributed by atoms with E-state index in [4.69, 9.17) is 4.74 Å². The van der Waals surface area contributed by atoms with Crippen LogP contribution in [0.25, 0.3) is 0 Å². The summed E-state index contributed by atoms with van der Waals surface area (Å²) >= 11 is 0. The first-order valence-corrected chi connectivity index (χ1v) is 8.92. The summed E-state index contributed by atoms with van der Waals surface area (Å²) in [7, 11) is 5.71. The third-order valence-corrected chi connectivity index (χ3v) is 4.78. The molecule has 1 heterocycles. The van der Waals surface area contributed by atoms with Crippen molar-refractivity contribution in [2.45, 2.75) is 19.5 Å². The predicted octanol–water partition coefficient (Wildman–Crippen LogP) is 3.00. The summed E-state index contributed by atoms with van der Waals surface area (Å²) in [6, 6.07) is 16.3. The maximum Gasteiger partial charge on any atom is 0.241 e. The molecule has 1 amide bonds. The van der Waals surface area contributed by atoms with Crippen LogP contribution in [0.1, 0.15) is 12.5 Å². The number of piperazine rings is 1. The Balaban J connectivity index is 1.68. The number of amides is 1. The number of ether oxygens (including phenoxy) is 1. The van der Waals surface area contributed by atoms with Gasteiger partial charge in [0.1, 0.15) is 5.75 Å². The Kier molecular flexibility index (Phi) is 5.47. The Morgan fingerprint density at radius 3 is 2.50 bits per heavy atom. The van der Waals surface area contributed by atoms with Gasteiger partial charge in [0.15, 0.2) is 0 Å². The van der Waals surface area contributed by atoms with Gasteiger partial charge in [-0.3, -0.25) is 9.69 Å². The standard InChI is InChI=1S/C21H27N3O2/c1-16-13-23(14-17-8-10-18(11-9-17)22(2)3)15-21(25)24(16)19-6-5-7-20(12-19)26-4/h5-12,16H,13-15H2,1-4H3. The molecule has 1 fully saturated rings. The molecular weight excluding hydrogens is 326 g/mol. The van der Waals surface area contributed by atoms with Gasteiger partial charge in [0.25, 0.3) is 0 Å². The number of methoxy groups -OCH3 is 1. The molecule has 1 saturated heterocycles. The molecule has 0 bridgehead atoms. The first-order valence-electron chi connectivity index (χ1n) is 8.92. The molecular formula is C21H27N3O2. The van der Waals surface area contributed by atoms with Gasteiger partial charge in [0, 0.05) is 50.7 Å². The van der Waals surface area contributed by atoms with E-state index in [9.17, 15) is 4.79 Å². The number of nitrogens with zero attached hydrogens (tertiary/aromatic N) is 3. The Morgan fingerprint density at radius 2 is 1.88 bits per heavy atom. The quantitative estimate of drug-likeness (QED) is 0.828. The molecule has 3 rings (SSSR count). The van der Waals surface area contributed by atoms with Crippen molar-refractivity contribution in [1.82, 2.24) is 4.90 Å². The Morgan fingerprint density at radius 1 is 1.15 bits per heavy atom. The summed E-state index contributed by atoms with van der Waals surface area (Å²) in [5.74, 6) is 0.896. The van der Waals surface area contributed by atoms with Crippen molar-refractivity contribution < 1.29 is 9.53 Å². The second-order valence-electron chi connectivity index (χ2n) is 7.04. The van der Waals surface area contributed by atoms with E-state index in [1.54, 1.807) is 7.11 Å². The van der Waals surface area contributed by atoms with E-state index in [-0.39, 0.29) is 11.9 Å². The molecule has 0 aromatic heterocycles. The van der Waals surface area contributed by atoms with E-state index < -0.39 is 0 Å². The van der Waals surface area contributed by atoms with Crippen molar-refractivity contribution in [2.75, 3.05) is 44.1 Å². The second-order valence-corrected chi connectivity index (χ2v) is 7.04. The summed E-state index contributed by atoms with van der Waals surface area (Å²) in [5.41, 5.74) is 3.31. The van der Waals surface area contributed by atoms with Gasteiger partial charge in [0.05, 0.1) is 13.7 Å². The van der Waals surface area contributed by atoms with E-state index >= 15 is 0 Å². The van der Waals surface area contributed by atoms with Gasteiger partial charge in [-0.15, -0.1) is 0 Å². The van der Waals surface area contributed by atoms with Crippen molar-refractivity contribution in [2.24, 2.45) is 0 Å². The second kappa shape index (κ2) is 7.79. The number of hydrogen-bond acceptors (Lipinski definition) is 4. The van der Waals surface area contributed by atoms with Crippen LogP contribution < -0.4 is 14.5 Å². The average Bonchev–Trinajstić information content (AvgIpc) is 2.62. The van der Waals surface area contributed by atoms with Crippen LogP contribution in [-0.2, 0) is 11.3 Å². The molecule has 1 unspecified atom stereocenters. The van der Waals surface area contributed by atoms with E-state index in [2.05, 4.69) is 41.0 Å². The average molecular weight is 353 g/mol. The lowest BCUT2D eigenvalue weighted by Gasteiger charge is -2.39. The summed E-state index contributed by atoms with van der Waals surface area (Å²) in [6.07, 6.45) is 0. The first kappa shape index (κ1) is 18.3. The van der Waals surface area contributed by atoms with Gasteiger partial charge < -0.3 is 14.5 Å². The van der Waals surface area contributed by atoms with Crippen LogP contribution in [0.3, 0.4) is 0 Å². The molecule has 5 heteroatoms. The zero-order valence-corrected chi connectivity index (χ0v) is 16.0. The van der Waals surface area contributed by atoms with Gasteiger partial charge in [-0.25, -0.2) is 0 Å². The van der Waals surface area contributed by atoms with Gasteiger partial charge in [-0.2, -0.15) is 0 Å². The molecule has 0 N–H and O–H groups in total. The molecule has 2 aromatic carbocycles. The van der Waals surface area contributed by atoms with Crippen LogP contribution in [0, 0.1) is 0 Å². The highest BCUT2D eigenvalue weighted by molar-refractivity contribution is 5.96. The van der Waals surface area contributed by atoms with Crippen LogP contribution >= 0.6 is 0 Å². The number of carbonyl (C=O) groups excluding carboxylic acids is 1. The highest BCUT2D eigenvalue weighted by Gasteiger charge is 2.30. The number of benzene rings is 2. The minimum atomic E-state index is 0.115. The summed E-state index contributed by atoms with van der Waals surface area (Å²) in [5, 5.41) is 0. The molecule has 0 spiro atoms. The predicted molar refractivity (Wildman–Crippen MR) is 106 cm³/mol. The topological polar surface area (TPSA) is 36.0 Å². The highest BCUT2D eigenvalue weighted by Crippen LogP contribution is 2.26. The number of carbonyl (C=O) groups is 1. The molecule has 26 heavy (non-hydrogen) atoms. The zero-order chi connectivity index (χ0) is 18.7. The monoisotopic (exact) mass is 353 g/mol. The van der Waals surface area contributed by atoms with Crippen molar-refractivity contribution in [3.63, 3.8) is 0 Å². The van der Waals surface area contributed by atoms with Crippen LogP contribution in [-0.4, -0.2) is 51.1 Å². The molecule has 5 nitrogen and oxygen atoms in total. The maximum absolute atomic E-state index is 12.8. The third-order valence-electron chi connectivity index (χ3n) is 4.78. The fourth-order valence-corrected chi connectivity index (χ4v) is 3.47. The molecule has 0 saturated carbocycles. The van der Waals surface area contributed by atoms with Gasteiger partial charge in [-0.1, -0.05) is 18.2 Å². The Bertz CT molecular complexity index is 758. The Labute approximate surface area is 155 Å². The normalized spacial score (nSPS) is 18.1. The number of rotatable bonds is 5.